The highest BCUT2D eigenvalue weighted by Gasteiger charge is 2.24. The van der Waals surface area contributed by atoms with Crippen molar-refractivity contribution in [1.82, 2.24) is 15.5 Å². The molecule has 1 aromatic rings. The summed E-state index contributed by atoms with van der Waals surface area (Å²) in [5.41, 5.74) is 3.21. The van der Waals surface area contributed by atoms with Gasteiger partial charge < -0.3 is 25.2 Å². The fourth-order valence-electron chi connectivity index (χ4n) is 3.21. The van der Waals surface area contributed by atoms with Gasteiger partial charge in [-0.2, -0.15) is 0 Å². The summed E-state index contributed by atoms with van der Waals surface area (Å²) in [6, 6.07) is 5.59. The highest BCUT2D eigenvalue weighted by atomic mass is 16.2. The van der Waals surface area contributed by atoms with Crippen molar-refractivity contribution in [2.45, 2.75) is 32.4 Å². The van der Waals surface area contributed by atoms with Crippen LogP contribution in [0.4, 0.5) is 5.69 Å². The number of amides is 2. The Hall–Kier alpha value is -2.41. The number of rotatable bonds is 9. The average Bonchev–Trinajstić information content (AvgIpc) is 2.68. The molecule has 1 saturated heterocycles. The Morgan fingerprint density at radius 1 is 1.35 bits per heavy atom. The summed E-state index contributed by atoms with van der Waals surface area (Å²) in [6.07, 6.45) is 2.03. The summed E-state index contributed by atoms with van der Waals surface area (Å²) < 4.78 is 0. The van der Waals surface area contributed by atoms with E-state index in [1.54, 1.807) is 0 Å². The monoisotopic (exact) mass is 360 g/mol. The fourth-order valence-corrected chi connectivity index (χ4v) is 3.21. The second kappa shape index (κ2) is 9.91. The molecule has 1 atom stereocenters. The maximum Gasteiger partial charge on any atom is 0.242 e. The number of benzene rings is 1. The summed E-state index contributed by atoms with van der Waals surface area (Å²) in [5, 5.41) is 5.92. The van der Waals surface area contributed by atoms with Crippen LogP contribution in [0.15, 0.2) is 18.2 Å². The molecule has 0 aromatic heterocycles. The van der Waals surface area contributed by atoms with Gasteiger partial charge in [0.2, 0.25) is 12.3 Å². The number of carbonyl (C=O) groups is 3. The lowest BCUT2D eigenvalue weighted by Crippen LogP contribution is -2.45. The Bertz CT molecular complexity index is 629. The first-order chi connectivity index (χ1) is 12.6. The van der Waals surface area contributed by atoms with Crippen molar-refractivity contribution in [3.63, 3.8) is 0 Å². The van der Waals surface area contributed by atoms with Crippen LogP contribution < -0.4 is 15.5 Å². The number of nitrogens with zero attached hydrogens (tertiary/aromatic N) is 2. The van der Waals surface area contributed by atoms with Gasteiger partial charge in [-0.05, 0) is 36.6 Å². The molecule has 26 heavy (non-hydrogen) atoms. The molecule has 2 N–H and O–H groups in total. The molecule has 0 aliphatic carbocycles. The van der Waals surface area contributed by atoms with Gasteiger partial charge in [0.05, 0.1) is 0 Å². The molecular weight excluding hydrogens is 332 g/mol. The van der Waals surface area contributed by atoms with Crippen molar-refractivity contribution >= 4 is 24.3 Å². The van der Waals surface area contributed by atoms with Gasteiger partial charge in [-0.25, -0.2) is 0 Å². The van der Waals surface area contributed by atoms with Gasteiger partial charge in [-0.1, -0.05) is 6.07 Å². The Kier molecular flexibility index (Phi) is 7.59. The second-order valence-electron chi connectivity index (χ2n) is 6.50. The average molecular weight is 360 g/mol. The van der Waals surface area contributed by atoms with Crippen LogP contribution in [0.2, 0.25) is 0 Å². The van der Waals surface area contributed by atoms with Crippen molar-refractivity contribution in [2.75, 3.05) is 38.1 Å². The van der Waals surface area contributed by atoms with Gasteiger partial charge in [0.1, 0.15) is 12.3 Å². The summed E-state index contributed by atoms with van der Waals surface area (Å²) >= 11 is 0. The van der Waals surface area contributed by atoms with Gasteiger partial charge in [-0.3, -0.25) is 9.59 Å². The van der Waals surface area contributed by atoms with Gasteiger partial charge >= 0.3 is 0 Å². The van der Waals surface area contributed by atoms with Crippen LogP contribution in [-0.2, 0) is 20.9 Å². The lowest BCUT2D eigenvalue weighted by Gasteiger charge is -2.31. The van der Waals surface area contributed by atoms with Gasteiger partial charge in [0, 0.05) is 51.9 Å². The topological polar surface area (TPSA) is 81.8 Å². The van der Waals surface area contributed by atoms with Gasteiger partial charge in [-0.15, -0.1) is 0 Å². The first kappa shape index (κ1) is 19.9. The number of likely N-dealkylation sites (N-methyl/N-ethyl adjacent to an activating group) is 1. The van der Waals surface area contributed by atoms with Crippen LogP contribution in [0.5, 0.6) is 0 Å². The Labute approximate surface area is 154 Å². The van der Waals surface area contributed by atoms with E-state index in [0.29, 0.717) is 19.4 Å². The molecule has 7 nitrogen and oxygen atoms in total. The Morgan fingerprint density at radius 2 is 2.08 bits per heavy atom. The van der Waals surface area contributed by atoms with Crippen molar-refractivity contribution in [3.8, 4) is 0 Å². The molecule has 142 valence electrons. The molecule has 0 saturated carbocycles. The number of nitrogens with one attached hydrogen (secondary N) is 2. The summed E-state index contributed by atoms with van der Waals surface area (Å²) in [7, 11) is 1.54. The molecule has 2 amide bonds. The van der Waals surface area contributed by atoms with Crippen LogP contribution in [0.1, 0.15) is 24.0 Å². The predicted octanol–water partition coefficient (Wildman–Crippen LogP) is 0.457. The van der Waals surface area contributed by atoms with Crippen LogP contribution in [0, 0.1) is 6.92 Å². The molecule has 7 heteroatoms. The highest BCUT2D eigenvalue weighted by molar-refractivity contribution is 5.83. The Balaban J connectivity index is 2.20. The molecule has 2 rings (SSSR count). The van der Waals surface area contributed by atoms with E-state index < -0.39 is 6.04 Å². The fraction of sp³-hybridized carbons (Fsp3) is 0.526. The smallest absolute Gasteiger partial charge is 0.242 e. The molecule has 0 radical (unpaired) electrons. The maximum atomic E-state index is 12.2. The minimum absolute atomic E-state index is 0.238. The molecule has 1 aromatic carbocycles. The van der Waals surface area contributed by atoms with Gasteiger partial charge in [0.15, 0.2) is 0 Å². The number of aryl methyl sites for hydroxylation is 1. The maximum absolute atomic E-state index is 12.2. The van der Waals surface area contributed by atoms with Crippen LogP contribution >= 0.6 is 0 Å². The largest absolute Gasteiger partial charge is 0.369 e. The normalized spacial score (nSPS) is 15.2. The van der Waals surface area contributed by atoms with Crippen molar-refractivity contribution in [1.29, 1.82) is 0 Å². The van der Waals surface area contributed by atoms with Crippen LogP contribution in [0.3, 0.4) is 0 Å². The molecule has 1 aliphatic heterocycles. The lowest BCUT2D eigenvalue weighted by atomic mass is 10.0. The Morgan fingerprint density at radius 3 is 2.69 bits per heavy atom. The van der Waals surface area contributed by atoms with E-state index in [-0.39, 0.29) is 12.3 Å². The molecule has 1 fully saturated rings. The standard InChI is InChI=1S/C19H28N4O3/c1-15-5-6-17(22-9-7-21-8-10-22)12-16(15)13-23(14-25)18(4-3-11-24)19(26)20-2/h5-6,11-12,14,18,21H,3-4,7-10,13H2,1-2H3,(H,20,26). The summed E-state index contributed by atoms with van der Waals surface area (Å²) in [4.78, 5) is 38.3. The molecule has 0 spiro atoms. The second-order valence-corrected chi connectivity index (χ2v) is 6.50. The lowest BCUT2D eigenvalue weighted by molar-refractivity contribution is -0.133. The molecule has 1 aliphatic rings. The van der Waals surface area contributed by atoms with Crippen LogP contribution in [0.25, 0.3) is 0 Å². The van der Waals surface area contributed by atoms with Crippen molar-refractivity contribution in [3.05, 3.63) is 29.3 Å². The van der Waals surface area contributed by atoms with E-state index in [0.717, 1.165) is 49.3 Å². The minimum Gasteiger partial charge on any atom is -0.369 e. The number of carbonyl (C=O) groups excluding carboxylic acids is 3. The van der Waals surface area contributed by atoms with E-state index >= 15 is 0 Å². The SMILES string of the molecule is CNC(=O)C(CCC=O)N(C=O)Cc1cc(N2CCNCC2)ccc1C. The molecular formula is C19H28N4O3. The first-order valence-corrected chi connectivity index (χ1v) is 9.02. The number of hydrogen-bond donors (Lipinski definition) is 2. The highest BCUT2D eigenvalue weighted by Crippen LogP contribution is 2.22. The van der Waals surface area contributed by atoms with E-state index in [1.165, 1.54) is 11.9 Å². The van der Waals surface area contributed by atoms with E-state index in [1.807, 2.05) is 6.92 Å². The quantitative estimate of drug-likeness (QED) is 0.625. The predicted molar refractivity (Wildman–Crippen MR) is 101 cm³/mol. The van der Waals surface area contributed by atoms with Gasteiger partial charge in [0.25, 0.3) is 0 Å². The zero-order valence-corrected chi connectivity index (χ0v) is 15.5. The minimum atomic E-state index is -0.648. The summed E-state index contributed by atoms with van der Waals surface area (Å²) in [5.74, 6) is -0.255. The molecule has 0 bridgehead atoms. The van der Waals surface area contributed by atoms with Crippen molar-refractivity contribution < 1.29 is 14.4 Å². The third-order valence-corrected chi connectivity index (χ3v) is 4.81. The van der Waals surface area contributed by atoms with E-state index in [9.17, 15) is 14.4 Å². The van der Waals surface area contributed by atoms with E-state index in [4.69, 9.17) is 0 Å². The van der Waals surface area contributed by atoms with Crippen molar-refractivity contribution in [2.24, 2.45) is 0 Å². The third kappa shape index (κ3) is 5.05. The number of hydrogen-bond acceptors (Lipinski definition) is 5. The molecule has 1 unspecified atom stereocenters. The first-order valence-electron chi connectivity index (χ1n) is 9.02. The zero-order valence-electron chi connectivity index (χ0n) is 15.5. The van der Waals surface area contributed by atoms with E-state index in [2.05, 4.69) is 33.7 Å². The van der Waals surface area contributed by atoms with Crippen LogP contribution in [-0.4, -0.2) is 62.8 Å². The zero-order chi connectivity index (χ0) is 18.9. The number of aldehydes is 1. The third-order valence-electron chi connectivity index (χ3n) is 4.81. The number of piperazine rings is 1. The molecule has 1 heterocycles. The number of anilines is 1. The summed E-state index contributed by atoms with van der Waals surface area (Å²) in [6.45, 7) is 6.13.